The molecule has 5 heteroatoms. The Morgan fingerprint density at radius 1 is 1.25 bits per heavy atom. The second-order valence-corrected chi connectivity index (χ2v) is 8.00. The van der Waals surface area contributed by atoms with Crippen molar-refractivity contribution < 1.29 is 5.11 Å². The van der Waals surface area contributed by atoms with E-state index in [1.807, 2.05) is 29.5 Å². The van der Waals surface area contributed by atoms with E-state index in [0.29, 0.717) is 6.67 Å². The number of aliphatic imine (C=N–C) groups is 1. The van der Waals surface area contributed by atoms with Crippen molar-refractivity contribution in [2.75, 3.05) is 6.67 Å². The number of aryl methyl sites for hydroxylation is 1. The van der Waals surface area contributed by atoms with Crippen LogP contribution in [-0.4, -0.2) is 35.3 Å². The van der Waals surface area contributed by atoms with Crippen LogP contribution in [0.25, 0.3) is 0 Å². The van der Waals surface area contributed by atoms with E-state index in [1.54, 1.807) is 0 Å². The first-order valence-corrected chi connectivity index (χ1v) is 9.20. The van der Waals surface area contributed by atoms with Crippen LogP contribution in [-0.2, 0) is 6.42 Å². The lowest BCUT2D eigenvalue weighted by atomic mass is 9.82. The molecule has 0 amide bonds. The van der Waals surface area contributed by atoms with Crippen molar-refractivity contribution in [1.82, 2.24) is 10.4 Å². The van der Waals surface area contributed by atoms with Gasteiger partial charge in [0.25, 0.3) is 0 Å². The van der Waals surface area contributed by atoms with Gasteiger partial charge in [-0.25, -0.2) is 5.43 Å². The number of halogens is 1. The van der Waals surface area contributed by atoms with Gasteiger partial charge in [-0.1, -0.05) is 63.4 Å². The fourth-order valence-corrected chi connectivity index (χ4v) is 3.30. The van der Waals surface area contributed by atoms with Crippen LogP contribution in [0, 0.1) is 5.41 Å². The molecule has 0 saturated heterocycles. The molecular weight excluding hydrogens is 322 g/mol. The van der Waals surface area contributed by atoms with Crippen LogP contribution in [0.1, 0.15) is 52.0 Å². The molecule has 24 heavy (non-hydrogen) atoms. The number of aliphatic hydroxyl groups is 1. The predicted octanol–water partition coefficient (Wildman–Crippen LogP) is 4.02. The van der Waals surface area contributed by atoms with E-state index >= 15 is 0 Å². The van der Waals surface area contributed by atoms with Crippen molar-refractivity contribution in [3.8, 4) is 0 Å². The average molecular weight is 352 g/mol. The van der Waals surface area contributed by atoms with Gasteiger partial charge in [0.05, 0.1) is 12.1 Å². The Morgan fingerprint density at radius 3 is 2.62 bits per heavy atom. The van der Waals surface area contributed by atoms with Gasteiger partial charge >= 0.3 is 0 Å². The van der Waals surface area contributed by atoms with Crippen molar-refractivity contribution in [2.24, 2.45) is 10.4 Å². The topological polar surface area (TPSA) is 47.9 Å². The monoisotopic (exact) mass is 351 g/mol. The van der Waals surface area contributed by atoms with Crippen molar-refractivity contribution in [1.29, 1.82) is 0 Å². The lowest BCUT2D eigenvalue weighted by Crippen LogP contribution is -2.51. The quantitative estimate of drug-likeness (QED) is 0.695. The number of benzene rings is 1. The minimum Gasteiger partial charge on any atom is -0.390 e. The molecule has 1 aliphatic rings. The average Bonchev–Trinajstić information content (AvgIpc) is 3.05. The lowest BCUT2D eigenvalue weighted by Gasteiger charge is -2.37. The molecule has 0 saturated carbocycles. The summed E-state index contributed by atoms with van der Waals surface area (Å²) < 4.78 is 0. The highest BCUT2D eigenvalue weighted by molar-refractivity contribution is 6.31. The van der Waals surface area contributed by atoms with Crippen LogP contribution in [0.4, 0.5) is 0 Å². The third-order valence-electron chi connectivity index (χ3n) is 4.56. The summed E-state index contributed by atoms with van der Waals surface area (Å²) in [5.74, 6) is 0. The number of hydrogen-bond donors (Lipinski definition) is 2. The smallest absolute Gasteiger partial charge is 0.107 e. The fourth-order valence-electron chi connectivity index (χ4n) is 3.07. The molecule has 1 aromatic rings. The lowest BCUT2D eigenvalue weighted by molar-refractivity contribution is -0.0106. The first kappa shape index (κ1) is 19.2. The highest BCUT2D eigenvalue weighted by Gasteiger charge is 2.34. The Bertz CT molecular complexity index is 542. The molecule has 2 unspecified atom stereocenters. The zero-order valence-electron chi connectivity index (χ0n) is 15.0. The van der Waals surface area contributed by atoms with E-state index in [9.17, 15) is 5.11 Å². The minimum atomic E-state index is -0.405. The van der Waals surface area contributed by atoms with E-state index in [-0.39, 0.29) is 11.5 Å². The van der Waals surface area contributed by atoms with E-state index in [4.69, 9.17) is 11.6 Å². The molecule has 0 bridgehead atoms. The molecular formula is C19H30ClN3O. The van der Waals surface area contributed by atoms with Crippen LogP contribution in [0.5, 0.6) is 0 Å². The van der Waals surface area contributed by atoms with E-state index < -0.39 is 6.10 Å². The van der Waals surface area contributed by atoms with Crippen LogP contribution in [0.15, 0.2) is 29.3 Å². The fraction of sp³-hybridized carbons (Fsp3) is 0.632. The highest BCUT2D eigenvalue weighted by atomic mass is 35.5. The zero-order chi connectivity index (χ0) is 17.6. The van der Waals surface area contributed by atoms with Gasteiger partial charge < -0.3 is 5.11 Å². The van der Waals surface area contributed by atoms with Crippen molar-refractivity contribution in [3.05, 3.63) is 34.9 Å². The SMILES string of the molecule is CC(C)(C)C(O)C(CCCCCc1ccccc1Cl)N1C=NCN1. The minimum absolute atomic E-state index is 0.0524. The summed E-state index contributed by atoms with van der Waals surface area (Å²) in [6.45, 7) is 6.83. The molecule has 2 atom stereocenters. The highest BCUT2D eigenvalue weighted by Crippen LogP contribution is 2.27. The maximum atomic E-state index is 10.7. The number of aliphatic hydroxyl groups excluding tert-OH is 1. The van der Waals surface area contributed by atoms with Gasteiger partial charge in [0.2, 0.25) is 0 Å². The molecule has 1 aliphatic heterocycles. The summed E-state index contributed by atoms with van der Waals surface area (Å²) in [5.41, 5.74) is 4.29. The van der Waals surface area contributed by atoms with Gasteiger partial charge in [0, 0.05) is 5.02 Å². The third kappa shape index (κ3) is 5.47. The molecule has 1 heterocycles. The molecule has 0 radical (unpaired) electrons. The summed E-state index contributed by atoms with van der Waals surface area (Å²) in [4.78, 5) is 4.21. The Balaban J connectivity index is 1.80. The Kier molecular flexibility index (Phi) is 7.08. The van der Waals surface area contributed by atoms with E-state index in [0.717, 1.165) is 37.1 Å². The number of hydrazine groups is 1. The second kappa shape index (κ2) is 8.84. The molecule has 1 aromatic carbocycles. The first-order chi connectivity index (χ1) is 11.4. The number of unbranched alkanes of at least 4 members (excludes halogenated alkanes) is 2. The molecule has 0 aromatic heterocycles. The van der Waals surface area contributed by atoms with Gasteiger partial charge in [-0.15, -0.1) is 0 Å². The maximum absolute atomic E-state index is 10.7. The second-order valence-electron chi connectivity index (χ2n) is 7.59. The van der Waals surface area contributed by atoms with E-state index in [2.05, 4.69) is 37.3 Å². The molecule has 2 rings (SSSR count). The predicted molar refractivity (Wildman–Crippen MR) is 101 cm³/mol. The van der Waals surface area contributed by atoms with Crippen LogP contribution in [0.3, 0.4) is 0 Å². The largest absolute Gasteiger partial charge is 0.390 e. The molecule has 0 aliphatic carbocycles. The van der Waals surface area contributed by atoms with Gasteiger partial charge in [0.1, 0.15) is 13.0 Å². The first-order valence-electron chi connectivity index (χ1n) is 8.83. The normalized spacial score (nSPS) is 17.3. The summed E-state index contributed by atoms with van der Waals surface area (Å²) >= 11 is 6.20. The number of nitrogens with one attached hydrogen (secondary N) is 1. The molecule has 0 fully saturated rings. The summed E-state index contributed by atoms with van der Waals surface area (Å²) in [7, 11) is 0. The van der Waals surface area contributed by atoms with Crippen molar-refractivity contribution in [2.45, 2.75) is 65.0 Å². The van der Waals surface area contributed by atoms with Gasteiger partial charge in [-0.2, -0.15) is 0 Å². The molecule has 0 spiro atoms. The molecule has 4 nitrogen and oxygen atoms in total. The van der Waals surface area contributed by atoms with Gasteiger partial charge in [0.15, 0.2) is 0 Å². The van der Waals surface area contributed by atoms with E-state index in [1.165, 1.54) is 5.56 Å². The van der Waals surface area contributed by atoms with Crippen molar-refractivity contribution in [3.63, 3.8) is 0 Å². The van der Waals surface area contributed by atoms with Crippen LogP contribution >= 0.6 is 11.6 Å². The van der Waals surface area contributed by atoms with Crippen LogP contribution < -0.4 is 5.43 Å². The zero-order valence-corrected chi connectivity index (χ0v) is 15.8. The molecule has 134 valence electrons. The maximum Gasteiger partial charge on any atom is 0.107 e. The Morgan fingerprint density at radius 2 is 2.00 bits per heavy atom. The Labute approximate surface area is 150 Å². The van der Waals surface area contributed by atoms with Gasteiger partial charge in [-0.05, 0) is 36.3 Å². The number of hydrogen-bond acceptors (Lipinski definition) is 4. The summed E-state index contributed by atoms with van der Waals surface area (Å²) in [6, 6.07) is 8.10. The standard InChI is InChI=1S/C19H30ClN3O/c1-19(2,3)18(24)17(23-14-21-13-22-23)12-6-4-5-9-15-10-7-8-11-16(15)20/h7-8,10-11,14,17-18,22,24H,4-6,9,12-13H2,1-3H3. The summed E-state index contributed by atoms with van der Waals surface area (Å²) in [5, 5.41) is 13.5. The number of rotatable bonds is 8. The third-order valence-corrected chi connectivity index (χ3v) is 4.93. The van der Waals surface area contributed by atoms with Gasteiger partial charge in [-0.3, -0.25) is 10.0 Å². The van der Waals surface area contributed by atoms with Crippen molar-refractivity contribution >= 4 is 17.9 Å². The number of nitrogens with zero attached hydrogens (tertiary/aromatic N) is 2. The Hall–Kier alpha value is -1.10. The molecule has 2 N–H and O–H groups in total. The summed E-state index contributed by atoms with van der Waals surface area (Å²) in [6.07, 6.45) is 6.68. The van der Waals surface area contributed by atoms with Crippen LogP contribution in [0.2, 0.25) is 5.02 Å².